The molecule has 3 heteroatoms. The predicted molar refractivity (Wildman–Crippen MR) is 77.3 cm³/mol. The zero-order valence-electron chi connectivity index (χ0n) is 10.4. The third kappa shape index (κ3) is 3.10. The maximum absolute atomic E-state index is 13.5. The van der Waals surface area contributed by atoms with Gasteiger partial charge >= 0.3 is 0 Å². The Balaban J connectivity index is 2.10. The molecule has 0 aliphatic carbocycles. The zero-order chi connectivity index (χ0) is 13.1. The first-order chi connectivity index (χ1) is 8.56. The monoisotopic (exact) mass is 307 g/mol. The minimum atomic E-state index is -0.244. The molecule has 0 aromatic heterocycles. The van der Waals surface area contributed by atoms with E-state index >= 15 is 0 Å². The van der Waals surface area contributed by atoms with Crippen LogP contribution in [0.1, 0.15) is 16.7 Å². The molecule has 94 valence electrons. The van der Waals surface area contributed by atoms with E-state index in [1.165, 1.54) is 17.2 Å². The van der Waals surface area contributed by atoms with Crippen molar-refractivity contribution >= 4 is 21.6 Å². The highest BCUT2D eigenvalue weighted by molar-refractivity contribution is 9.10. The molecule has 2 aromatic carbocycles. The smallest absolute Gasteiger partial charge is 0.139 e. The average molecular weight is 308 g/mol. The fourth-order valence-electron chi connectivity index (χ4n) is 1.74. The van der Waals surface area contributed by atoms with E-state index in [9.17, 15) is 4.39 Å². The van der Waals surface area contributed by atoms with Crippen LogP contribution in [0.5, 0.6) is 0 Å². The van der Waals surface area contributed by atoms with Crippen LogP contribution in [0.25, 0.3) is 0 Å². The van der Waals surface area contributed by atoms with E-state index in [2.05, 4.69) is 52.4 Å². The predicted octanol–water partition coefficient (Wildman–Crippen LogP) is 4.82. The van der Waals surface area contributed by atoms with Gasteiger partial charge in [-0.15, -0.1) is 0 Å². The van der Waals surface area contributed by atoms with Crippen molar-refractivity contribution in [1.82, 2.24) is 0 Å². The van der Waals surface area contributed by atoms with Gasteiger partial charge in [0.15, 0.2) is 0 Å². The highest BCUT2D eigenvalue weighted by Crippen LogP contribution is 2.24. The van der Waals surface area contributed by atoms with Crippen LogP contribution < -0.4 is 5.32 Å². The average Bonchev–Trinajstić information content (AvgIpc) is 2.34. The lowest BCUT2D eigenvalue weighted by atomic mass is 10.1. The molecule has 0 saturated carbocycles. The highest BCUT2D eigenvalue weighted by Gasteiger charge is 2.04. The molecule has 0 heterocycles. The van der Waals surface area contributed by atoms with Gasteiger partial charge in [0, 0.05) is 12.2 Å². The Morgan fingerprint density at radius 3 is 2.44 bits per heavy atom. The Morgan fingerprint density at radius 1 is 1.11 bits per heavy atom. The van der Waals surface area contributed by atoms with Crippen LogP contribution >= 0.6 is 15.9 Å². The third-order valence-corrected chi connectivity index (χ3v) is 3.48. The summed E-state index contributed by atoms with van der Waals surface area (Å²) in [5, 5.41) is 3.26. The van der Waals surface area contributed by atoms with E-state index in [0.717, 1.165) is 11.3 Å². The van der Waals surface area contributed by atoms with Crippen LogP contribution in [0.2, 0.25) is 0 Å². The summed E-state index contributed by atoms with van der Waals surface area (Å²) in [5.41, 5.74) is 4.28. The van der Waals surface area contributed by atoms with Crippen molar-refractivity contribution in [2.24, 2.45) is 0 Å². The lowest BCUT2D eigenvalue weighted by Crippen LogP contribution is -2.01. The molecule has 0 unspecified atom stereocenters. The molecule has 2 rings (SSSR count). The largest absolute Gasteiger partial charge is 0.381 e. The first-order valence-electron chi connectivity index (χ1n) is 5.81. The van der Waals surface area contributed by atoms with E-state index in [1.54, 1.807) is 6.07 Å². The van der Waals surface area contributed by atoms with Crippen LogP contribution in [0.4, 0.5) is 10.1 Å². The number of rotatable bonds is 3. The lowest BCUT2D eigenvalue weighted by molar-refractivity contribution is 0.621. The number of halogens is 2. The third-order valence-electron chi connectivity index (χ3n) is 2.87. The highest BCUT2D eigenvalue weighted by atomic mass is 79.9. The summed E-state index contributed by atoms with van der Waals surface area (Å²) in [6.07, 6.45) is 0. The maximum atomic E-state index is 13.5. The van der Waals surface area contributed by atoms with Gasteiger partial charge < -0.3 is 5.32 Å². The van der Waals surface area contributed by atoms with Crippen molar-refractivity contribution in [1.29, 1.82) is 0 Å². The van der Waals surface area contributed by atoms with E-state index in [-0.39, 0.29) is 5.82 Å². The minimum absolute atomic E-state index is 0.244. The van der Waals surface area contributed by atoms with Crippen LogP contribution in [-0.4, -0.2) is 0 Å². The fourth-order valence-corrected chi connectivity index (χ4v) is 2.20. The second kappa shape index (κ2) is 5.53. The molecule has 0 aliphatic heterocycles. The molecule has 0 atom stereocenters. The molecule has 2 aromatic rings. The van der Waals surface area contributed by atoms with Crippen LogP contribution in [0, 0.1) is 19.7 Å². The molecule has 0 bridgehead atoms. The summed E-state index contributed by atoms with van der Waals surface area (Å²) < 4.78 is 14.0. The Kier molecular flexibility index (Phi) is 4.02. The topological polar surface area (TPSA) is 12.0 Å². The van der Waals surface area contributed by atoms with Crippen LogP contribution in [-0.2, 0) is 6.54 Å². The maximum Gasteiger partial charge on any atom is 0.139 e. The number of anilines is 1. The van der Waals surface area contributed by atoms with Gasteiger partial charge in [-0.3, -0.25) is 0 Å². The van der Waals surface area contributed by atoms with Gasteiger partial charge in [-0.2, -0.15) is 0 Å². The van der Waals surface area contributed by atoms with Crippen molar-refractivity contribution in [3.8, 4) is 0 Å². The Labute approximate surface area is 115 Å². The second-order valence-electron chi connectivity index (χ2n) is 4.42. The SMILES string of the molecule is Cc1ccc(CNc2cc(F)c(Br)cc2C)cc1. The summed E-state index contributed by atoms with van der Waals surface area (Å²) in [6, 6.07) is 11.6. The molecule has 0 radical (unpaired) electrons. The van der Waals surface area contributed by atoms with Gasteiger partial charge in [-0.25, -0.2) is 4.39 Å². The number of aryl methyl sites for hydroxylation is 2. The van der Waals surface area contributed by atoms with E-state index in [0.29, 0.717) is 11.0 Å². The molecule has 0 aliphatic rings. The zero-order valence-corrected chi connectivity index (χ0v) is 12.0. The standard InChI is InChI=1S/C15H15BrFN/c1-10-3-5-12(6-4-10)9-18-15-8-14(17)13(16)7-11(15)2/h3-8,18H,9H2,1-2H3. The van der Waals surface area contributed by atoms with Gasteiger partial charge in [0.1, 0.15) is 5.82 Å². The van der Waals surface area contributed by atoms with Gasteiger partial charge in [-0.05, 0) is 53.0 Å². The second-order valence-corrected chi connectivity index (χ2v) is 5.27. The molecular weight excluding hydrogens is 293 g/mol. The normalized spacial score (nSPS) is 10.4. The Morgan fingerprint density at radius 2 is 1.78 bits per heavy atom. The first kappa shape index (κ1) is 13.1. The summed E-state index contributed by atoms with van der Waals surface area (Å²) in [7, 11) is 0. The number of nitrogens with one attached hydrogen (secondary N) is 1. The summed E-state index contributed by atoms with van der Waals surface area (Å²) in [4.78, 5) is 0. The summed E-state index contributed by atoms with van der Waals surface area (Å²) >= 11 is 3.18. The molecule has 0 amide bonds. The molecule has 0 saturated heterocycles. The van der Waals surface area contributed by atoms with Gasteiger partial charge in [-0.1, -0.05) is 29.8 Å². The molecule has 0 spiro atoms. The van der Waals surface area contributed by atoms with Crippen molar-refractivity contribution in [2.75, 3.05) is 5.32 Å². The minimum Gasteiger partial charge on any atom is -0.381 e. The van der Waals surface area contributed by atoms with Crippen molar-refractivity contribution in [3.63, 3.8) is 0 Å². The molecule has 18 heavy (non-hydrogen) atoms. The molecule has 0 fully saturated rings. The van der Waals surface area contributed by atoms with Crippen molar-refractivity contribution in [3.05, 3.63) is 63.4 Å². The number of benzene rings is 2. The Hall–Kier alpha value is -1.35. The van der Waals surface area contributed by atoms with Crippen molar-refractivity contribution in [2.45, 2.75) is 20.4 Å². The lowest BCUT2D eigenvalue weighted by Gasteiger charge is -2.11. The van der Waals surface area contributed by atoms with Gasteiger partial charge in [0.25, 0.3) is 0 Å². The molecular formula is C15H15BrFN. The number of hydrogen-bond acceptors (Lipinski definition) is 1. The summed E-state index contributed by atoms with van der Waals surface area (Å²) in [6.45, 7) is 4.72. The van der Waals surface area contributed by atoms with Crippen LogP contribution in [0.15, 0.2) is 40.9 Å². The van der Waals surface area contributed by atoms with Crippen molar-refractivity contribution < 1.29 is 4.39 Å². The van der Waals surface area contributed by atoms with Gasteiger partial charge in [0.2, 0.25) is 0 Å². The van der Waals surface area contributed by atoms with Gasteiger partial charge in [0.05, 0.1) is 4.47 Å². The molecule has 1 nitrogen and oxygen atoms in total. The first-order valence-corrected chi connectivity index (χ1v) is 6.60. The quantitative estimate of drug-likeness (QED) is 0.857. The fraction of sp³-hybridized carbons (Fsp3) is 0.200. The Bertz CT molecular complexity index is 549. The number of hydrogen-bond donors (Lipinski definition) is 1. The van der Waals surface area contributed by atoms with E-state index in [4.69, 9.17) is 0 Å². The molecule has 1 N–H and O–H groups in total. The summed E-state index contributed by atoms with van der Waals surface area (Å²) in [5.74, 6) is -0.244. The van der Waals surface area contributed by atoms with E-state index in [1.807, 2.05) is 6.92 Å². The van der Waals surface area contributed by atoms with E-state index < -0.39 is 0 Å². The van der Waals surface area contributed by atoms with Crippen LogP contribution in [0.3, 0.4) is 0 Å².